The number of guanidine groups is 1. The molecule has 0 aromatic carbocycles. The maximum absolute atomic E-state index is 12.8. The first-order valence-corrected chi connectivity index (χ1v) is 10.3. The summed E-state index contributed by atoms with van der Waals surface area (Å²) in [5.41, 5.74) is -0.708. The second-order valence-corrected chi connectivity index (χ2v) is 8.47. The van der Waals surface area contributed by atoms with Crippen LogP contribution in [0.1, 0.15) is 77.0 Å². The minimum Gasteiger partial charge on any atom is -0.378 e. The zero-order valence-corrected chi connectivity index (χ0v) is 15.8. The van der Waals surface area contributed by atoms with Crippen LogP contribution in [0.4, 0.5) is 0 Å². The molecule has 5 heteroatoms. The molecule has 0 bridgehead atoms. The van der Waals surface area contributed by atoms with Gasteiger partial charge in [0.1, 0.15) is 5.54 Å². The van der Waals surface area contributed by atoms with Crippen molar-refractivity contribution in [2.24, 2.45) is 11.8 Å². The van der Waals surface area contributed by atoms with Gasteiger partial charge in [-0.25, -0.2) is 0 Å². The van der Waals surface area contributed by atoms with Gasteiger partial charge in [0, 0.05) is 13.7 Å². The van der Waals surface area contributed by atoms with E-state index in [2.05, 4.69) is 5.32 Å². The Balaban J connectivity index is 1.54. The number of hydrogen-bond acceptors (Lipinski definition) is 3. The van der Waals surface area contributed by atoms with Crippen LogP contribution in [0, 0.1) is 17.2 Å². The largest absolute Gasteiger partial charge is 0.378 e. The third-order valence-electron chi connectivity index (χ3n) is 6.51. The van der Waals surface area contributed by atoms with Crippen LogP contribution in [-0.4, -0.2) is 42.6 Å². The summed E-state index contributed by atoms with van der Waals surface area (Å²) in [6, 6.07) is 0. The van der Waals surface area contributed by atoms with Gasteiger partial charge < -0.3 is 10.1 Å². The molecule has 1 heterocycles. The molecule has 3 fully saturated rings. The molecule has 0 radical (unpaired) electrons. The zero-order chi connectivity index (χ0) is 17.7. The average molecular weight is 350 g/mol. The first-order valence-electron chi connectivity index (χ1n) is 10.3. The van der Waals surface area contributed by atoms with Crippen LogP contribution in [-0.2, 0) is 9.53 Å². The molecule has 2 aliphatic carbocycles. The van der Waals surface area contributed by atoms with E-state index in [4.69, 9.17) is 10.1 Å². The van der Waals surface area contributed by atoms with Crippen molar-refractivity contribution < 1.29 is 9.53 Å². The average Bonchev–Trinajstić information content (AvgIpc) is 2.85. The Kier molecular flexibility index (Phi) is 6.37. The number of likely N-dealkylation sites (N-methyl/N-ethyl adjacent to an activating group) is 1. The Hall–Kier alpha value is -1.10. The summed E-state index contributed by atoms with van der Waals surface area (Å²) in [6.07, 6.45) is 15.0. The molecule has 1 amide bonds. The number of carbonyl (C=O) groups is 1. The third-order valence-corrected chi connectivity index (χ3v) is 6.51. The highest BCUT2D eigenvalue weighted by atomic mass is 16.5. The highest BCUT2D eigenvalue weighted by molar-refractivity contribution is 6.07. The normalized spacial score (nSPS) is 29.2. The summed E-state index contributed by atoms with van der Waals surface area (Å²) >= 11 is 0. The summed E-state index contributed by atoms with van der Waals surface area (Å²) in [5, 5.41) is 11.2. The van der Waals surface area contributed by atoms with Crippen molar-refractivity contribution in [2.75, 3.05) is 20.3 Å². The molecule has 25 heavy (non-hydrogen) atoms. The number of hydrogen-bond donors (Lipinski definition) is 2. The molecule has 0 aromatic heterocycles. The highest BCUT2D eigenvalue weighted by Crippen LogP contribution is 2.34. The Morgan fingerprint density at radius 3 is 2.24 bits per heavy atom. The number of nitrogens with zero attached hydrogens (tertiary/aromatic N) is 1. The molecule has 5 nitrogen and oxygen atoms in total. The van der Waals surface area contributed by atoms with Crippen LogP contribution < -0.4 is 5.32 Å². The van der Waals surface area contributed by atoms with E-state index in [0.29, 0.717) is 12.5 Å². The van der Waals surface area contributed by atoms with Crippen molar-refractivity contribution in [1.29, 1.82) is 5.41 Å². The minimum atomic E-state index is -0.708. The fourth-order valence-electron chi connectivity index (χ4n) is 4.94. The molecular weight excluding hydrogens is 314 g/mol. The van der Waals surface area contributed by atoms with Crippen LogP contribution in [0.25, 0.3) is 0 Å². The molecule has 2 N–H and O–H groups in total. The van der Waals surface area contributed by atoms with E-state index in [9.17, 15) is 4.79 Å². The second kappa shape index (κ2) is 8.52. The van der Waals surface area contributed by atoms with E-state index in [1.54, 1.807) is 7.05 Å². The van der Waals surface area contributed by atoms with Gasteiger partial charge in [0.05, 0.1) is 6.61 Å². The number of amides is 1. The van der Waals surface area contributed by atoms with Gasteiger partial charge in [-0.1, -0.05) is 64.2 Å². The molecule has 3 aliphatic rings. The fraction of sp³-hybridized carbons (Fsp3) is 0.900. The smallest absolute Gasteiger partial charge is 0.257 e. The SMILES string of the molecule is CN1C(=N)NC(COCCC2CCCCC2)(CC2CCCCC2)C1=O. The summed E-state index contributed by atoms with van der Waals surface area (Å²) in [7, 11) is 1.70. The first kappa shape index (κ1) is 18.7. The van der Waals surface area contributed by atoms with E-state index >= 15 is 0 Å². The Morgan fingerprint density at radius 1 is 1.08 bits per heavy atom. The lowest BCUT2D eigenvalue weighted by atomic mass is 9.79. The molecule has 1 atom stereocenters. The van der Waals surface area contributed by atoms with E-state index in [1.165, 1.54) is 69.1 Å². The van der Waals surface area contributed by atoms with Gasteiger partial charge in [0.15, 0.2) is 5.96 Å². The van der Waals surface area contributed by atoms with E-state index in [1.807, 2.05) is 0 Å². The van der Waals surface area contributed by atoms with Crippen molar-refractivity contribution in [3.05, 3.63) is 0 Å². The molecule has 3 rings (SSSR count). The van der Waals surface area contributed by atoms with Crippen LogP contribution in [0.2, 0.25) is 0 Å². The molecule has 1 unspecified atom stereocenters. The second-order valence-electron chi connectivity index (χ2n) is 8.47. The molecule has 0 aromatic rings. The van der Waals surface area contributed by atoms with Gasteiger partial charge >= 0.3 is 0 Å². The van der Waals surface area contributed by atoms with Crippen LogP contribution in [0.5, 0.6) is 0 Å². The first-order chi connectivity index (χ1) is 12.1. The monoisotopic (exact) mass is 349 g/mol. The van der Waals surface area contributed by atoms with Crippen LogP contribution >= 0.6 is 0 Å². The number of rotatable bonds is 7. The van der Waals surface area contributed by atoms with E-state index in [0.717, 1.165) is 25.4 Å². The standard InChI is InChI=1S/C20H35N3O2/c1-23-18(24)20(22-19(23)21,14-17-10-6-3-7-11-17)15-25-13-12-16-8-4-2-5-9-16/h16-17H,2-15H2,1H3,(H2,21,22). The van der Waals surface area contributed by atoms with E-state index in [-0.39, 0.29) is 11.9 Å². The zero-order valence-electron chi connectivity index (χ0n) is 15.8. The number of nitrogens with one attached hydrogen (secondary N) is 2. The number of carbonyl (C=O) groups excluding carboxylic acids is 1. The lowest BCUT2D eigenvalue weighted by Gasteiger charge is -2.33. The van der Waals surface area contributed by atoms with Crippen LogP contribution in [0.15, 0.2) is 0 Å². The third kappa shape index (κ3) is 4.55. The summed E-state index contributed by atoms with van der Waals surface area (Å²) in [5.74, 6) is 1.61. The molecule has 1 aliphatic heterocycles. The predicted octanol–water partition coefficient (Wildman–Crippen LogP) is 3.68. The van der Waals surface area contributed by atoms with Gasteiger partial charge in [-0.3, -0.25) is 15.1 Å². The lowest BCUT2D eigenvalue weighted by Crippen LogP contribution is -2.52. The van der Waals surface area contributed by atoms with Gasteiger partial charge in [0.2, 0.25) is 0 Å². The van der Waals surface area contributed by atoms with Gasteiger partial charge in [-0.2, -0.15) is 0 Å². The molecule has 0 spiro atoms. The van der Waals surface area contributed by atoms with Crippen molar-refractivity contribution in [3.8, 4) is 0 Å². The van der Waals surface area contributed by atoms with Gasteiger partial charge in [-0.05, 0) is 24.7 Å². The lowest BCUT2D eigenvalue weighted by molar-refractivity contribution is -0.133. The maximum Gasteiger partial charge on any atom is 0.257 e. The minimum absolute atomic E-state index is 0.0146. The Labute approximate surface area is 152 Å². The van der Waals surface area contributed by atoms with Crippen molar-refractivity contribution in [2.45, 2.75) is 82.6 Å². The van der Waals surface area contributed by atoms with Gasteiger partial charge in [-0.15, -0.1) is 0 Å². The molecule has 1 saturated heterocycles. The quantitative estimate of drug-likeness (QED) is 0.689. The summed E-state index contributed by atoms with van der Waals surface area (Å²) < 4.78 is 6.03. The number of ether oxygens (including phenoxy) is 1. The highest BCUT2D eigenvalue weighted by Gasteiger charge is 2.49. The van der Waals surface area contributed by atoms with Crippen molar-refractivity contribution in [3.63, 3.8) is 0 Å². The van der Waals surface area contributed by atoms with Crippen LogP contribution in [0.3, 0.4) is 0 Å². The van der Waals surface area contributed by atoms with Crippen molar-refractivity contribution >= 4 is 11.9 Å². The Morgan fingerprint density at radius 2 is 1.68 bits per heavy atom. The predicted molar refractivity (Wildman–Crippen MR) is 99.6 cm³/mol. The fourth-order valence-corrected chi connectivity index (χ4v) is 4.94. The molecule has 2 saturated carbocycles. The summed E-state index contributed by atoms with van der Waals surface area (Å²) in [6.45, 7) is 1.14. The molecule has 142 valence electrons. The Bertz CT molecular complexity index is 470. The maximum atomic E-state index is 12.8. The topological polar surface area (TPSA) is 65.4 Å². The molecular formula is C20H35N3O2. The van der Waals surface area contributed by atoms with Gasteiger partial charge in [0.25, 0.3) is 5.91 Å². The van der Waals surface area contributed by atoms with Crippen molar-refractivity contribution in [1.82, 2.24) is 10.2 Å². The summed E-state index contributed by atoms with van der Waals surface area (Å²) in [4.78, 5) is 14.3. The van der Waals surface area contributed by atoms with E-state index < -0.39 is 5.54 Å².